The second-order valence-electron chi connectivity index (χ2n) is 13.3. The first kappa shape index (κ1) is 38.3. The molecule has 0 radical (unpaired) electrons. The molecule has 1 aliphatic carbocycles. The molecular weight excluding hydrogens is 711 g/mol. The number of rotatable bonds is 14. The number of carbonyl (C=O) groups is 1. The molecule has 0 bridgehead atoms. The Balaban J connectivity index is 1.27. The van der Waals surface area contributed by atoms with Crippen molar-refractivity contribution >= 4 is 17.5 Å². The minimum absolute atomic E-state index is 0.00645. The van der Waals surface area contributed by atoms with Crippen LogP contribution in [0.15, 0.2) is 54.7 Å². The van der Waals surface area contributed by atoms with Crippen molar-refractivity contribution in [2.24, 2.45) is 0 Å². The number of aliphatic hydroxyl groups excluding tert-OH is 1. The quantitative estimate of drug-likeness (QED) is 0.110. The van der Waals surface area contributed by atoms with Crippen molar-refractivity contribution in [3.05, 3.63) is 87.6 Å². The number of fused-ring (bicyclic) bond motifs is 1. The summed E-state index contributed by atoms with van der Waals surface area (Å²) in [5.74, 6) is 0.192. The summed E-state index contributed by atoms with van der Waals surface area (Å²) in [4.78, 5) is 20.3. The molecule has 282 valence electrons. The first-order valence-electron chi connectivity index (χ1n) is 17.6. The summed E-state index contributed by atoms with van der Waals surface area (Å²) in [5.41, 5.74) is 4.73. The van der Waals surface area contributed by atoms with Crippen LogP contribution in [0.25, 0.3) is 22.4 Å². The van der Waals surface area contributed by atoms with E-state index in [9.17, 15) is 23.1 Å². The highest BCUT2D eigenvalue weighted by Gasteiger charge is 2.38. The molecule has 0 spiro atoms. The van der Waals surface area contributed by atoms with Crippen molar-refractivity contribution in [1.82, 2.24) is 25.9 Å². The van der Waals surface area contributed by atoms with Gasteiger partial charge in [-0.1, -0.05) is 41.9 Å². The highest BCUT2D eigenvalue weighted by molar-refractivity contribution is 6.35. The Morgan fingerprint density at radius 1 is 1.00 bits per heavy atom. The number of aromatic nitrogens is 2. The van der Waals surface area contributed by atoms with E-state index in [1.165, 1.54) is 7.11 Å². The Kier molecular flexibility index (Phi) is 12.1. The van der Waals surface area contributed by atoms with Gasteiger partial charge in [0.25, 0.3) is 0 Å². The Labute approximate surface area is 311 Å². The van der Waals surface area contributed by atoms with Gasteiger partial charge in [-0.3, -0.25) is 9.78 Å². The van der Waals surface area contributed by atoms with Gasteiger partial charge >= 0.3 is 6.18 Å². The van der Waals surface area contributed by atoms with Crippen LogP contribution in [-0.4, -0.2) is 60.4 Å². The van der Waals surface area contributed by atoms with Crippen LogP contribution >= 0.6 is 11.6 Å². The average molecular weight is 754 g/mol. The van der Waals surface area contributed by atoms with E-state index in [4.69, 9.17) is 25.8 Å². The number of amides is 1. The molecule has 14 heteroatoms. The minimum Gasteiger partial charge on any atom is -0.496 e. The summed E-state index contributed by atoms with van der Waals surface area (Å²) in [5, 5.41) is 19.3. The van der Waals surface area contributed by atoms with Crippen LogP contribution in [0.4, 0.5) is 13.2 Å². The molecule has 3 heterocycles. The first-order valence-corrected chi connectivity index (χ1v) is 18.0. The standard InChI is InChI=1S/C39H43ClF3N5O5/c1-22(49)18-44-20-25-16-31(39(41,42)43)38(48-37(25)52-3)53-32-9-5-7-27-28(6-4-8-29(27)32)30-14-15-46-36(35(30)40)23-10-11-24(33(17-23)51-2)19-45-21-26-12-13-34(50)47-26/h4,6,8,10-11,14-17,22,26,32,44-45,49H,5,7,9,12-13,18-21H2,1-3H3,(H,47,50)/t22?,26-,32-/m0/s1. The minimum atomic E-state index is -4.74. The second-order valence-corrected chi connectivity index (χ2v) is 13.7. The molecule has 4 aromatic rings. The molecule has 6 rings (SSSR count). The van der Waals surface area contributed by atoms with Crippen LogP contribution in [0, 0.1) is 0 Å². The third kappa shape index (κ3) is 8.86. The maximum absolute atomic E-state index is 14.4. The Morgan fingerprint density at radius 3 is 2.53 bits per heavy atom. The van der Waals surface area contributed by atoms with Gasteiger partial charge in [-0.2, -0.15) is 18.2 Å². The lowest BCUT2D eigenvalue weighted by molar-refractivity contribution is -0.139. The molecule has 1 aliphatic heterocycles. The number of hydrogen-bond donors (Lipinski definition) is 4. The number of benzene rings is 2. The van der Waals surface area contributed by atoms with Gasteiger partial charge in [0.15, 0.2) is 0 Å². The largest absolute Gasteiger partial charge is 0.496 e. The number of nitrogens with zero attached hydrogens (tertiary/aromatic N) is 2. The van der Waals surface area contributed by atoms with Crippen molar-refractivity contribution in [2.75, 3.05) is 27.3 Å². The van der Waals surface area contributed by atoms with Gasteiger partial charge in [0.2, 0.25) is 17.7 Å². The zero-order valence-corrected chi connectivity index (χ0v) is 30.5. The lowest BCUT2D eigenvalue weighted by Crippen LogP contribution is -2.35. The number of alkyl halides is 3. The van der Waals surface area contributed by atoms with Crippen LogP contribution in [0.5, 0.6) is 17.5 Å². The Bertz CT molecular complexity index is 1940. The second kappa shape index (κ2) is 16.7. The van der Waals surface area contributed by atoms with Gasteiger partial charge in [-0.15, -0.1) is 0 Å². The zero-order valence-electron chi connectivity index (χ0n) is 29.8. The maximum Gasteiger partial charge on any atom is 0.421 e. The number of hydrogen-bond acceptors (Lipinski definition) is 9. The third-order valence-electron chi connectivity index (χ3n) is 9.52. The van der Waals surface area contributed by atoms with Gasteiger partial charge < -0.3 is 35.3 Å². The molecule has 3 atom stereocenters. The molecule has 1 amide bonds. The summed E-state index contributed by atoms with van der Waals surface area (Å²) in [6, 6.07) is 14.4. The van der Waals surface area contributed by atoms with E-state index in [0.29, 0.717) is 55.2 Å². The fourth-order valence-electron chi connectivity index (χ4n) is 6.95. The van der Waals surface area contributed by atoms with E-state index in [2.05, 4.69) is 25.9 Å². The topological polar surface area (TPSA) is 127 Å². The molecule has 10 nitrogen and oxygen atoms in total. The van der Waals surface area contributed by atoms with E-state index < -0.39 is 29.8 Å². The predicted molar refractivity (Wildman–Crippen MR) is 195 cm³/mol. The molecule has 4 N–H and O–H groups in total. The number of aliphatic hydroxyl groups is 1. The van der Waals surface area contributed by atoms with Gasteiger partial charge in [-0.25, -0.2) is 0 Å². The Hall–Kier alpha value is -4.43. The molecule has 1 fully saturated rings. The molecular formula is C39H43ClF3N5O5. The van der Waals surface area contributed by atoms with Crippen LogP contribution in [0.1, 0.15) is 66.5 Å². The summed E-state index contributed by atoms with van der Waals surface area (Å²) in [6.07, 6.45) is -1.23. The summed E-state index contributed by atoms with van der Waals surface area (Å²) >= 11 is 7.11. The van der Waals surface area contributed by atoms with E-state index in [-0.39, 0.29) is 36.5 Å². The number of carbonyl (C=O) groups excluding carboxylic acids is 1. The van der Waals surface area contributed by atoms with Gasteiger partial charge in [0.05, 0.1) is 31.0 Å². The molecule has 53 heavy (non-hydrogen) atoms. The van der Waals surface area contributed by atoms with E-state index >= 15 is 0 Å². The third-order valence-corrected chi connectivity index (χ3v) is 9.90. The number of methoxy groups -OCH3 is 2. The highest BCUT2D eigenvalue weighted by atomic mass is 35.5. The summed E-state index contributed by atoms with van der Waals surface area (Å²) in [6.45, 7) is 2.99. The molecule has 1 unspecified atom stereocenters. The van der Waals surface area contributed by atoms with Crippen molar-refractivity contribution in [3.8, 4) is 39.9 Å². The summed E-state index contributed by atoms with van der Waals surface area (Å²) < 4.78 is 60.4. The fourth-order valence-corrected chi connectivity index (χ4v) is 7.27. The molecule has 2 aliphatic rings. The molecule has 1 saturated heterocycles. The lowest BCUT2D eigenvalue weighted by Gasteiger charge is -2.29. The van der Waals surface area contributed by atoms with Crippen molar-refractivity contribution in [3.63, 3.8) is 0 Å². The van der Waals surface area contributed by atoms with Crippen molar-refractivity contribution < 1.29 is 37.3 Å². The SMILES string of the molecule is COc1cc(-c2nccc(-c3cccc4c3CCC[C@@H]4Oc3nc(OC)c(CNCC(C)O)cc3C(F)(F)F)c2Cl)ccc1CNC[C@@H]1CCC(=O)N1. The zero-order chi connectivity index (χ0) is 37.7. The Morgan fingerprint density at radius 2 is 1.81 bits per heavy atom. The highest BCUT2D eigenvalue weighted by Crippen LogP contribution is 2.45. The number of nitrogens with one attached hydrogen (secondary N) is 3. The van der Waals surface area contributed by atoms with Crippen LogP contribution in [0.2, 0.25) is 5.02 Å². The maximum atomic E-state index is 14.4. The van der Waals surface area contributed by atoms with Gasteiger partial charge in [0, 0.05) is 67.1 Å². The van der Waals surface area contributed by atoms with Crippen LogP contribution in [-0.2, 0) is 30.5 Å². The van der Waals surface area contributed by atoms with Crippen molar-refractivity contribution in [1.29, 1.82) is 0 Å². The number of pyridine rings is 2. The fraction of sp³-hybridized carbons (Fsp3) is 0.410. The smallest absolute Gasteiger partial charge is 0.421 e. The first-order chi connectivity index (χ1) is 25.5. The van der Waals surface area contributed by atoms with Crippen molar-refractivity contribution in [2.45, 2.75) is 76.5 Å². The van der Waals surface area contributed by atoms with E-state index in [0.717, 1.165) is 45.9 Å². The van der Waals surface area contributed by atoms with E-state index in [1.807, 2.05) is 42.5 Å². The van der Waals surface area contributed by atoms with E-state index in [1.54, 1.807) is 20.2 Å². The summed E-state index contributed by atoms with van der Waals surface area (Å²) in [7, 11) is 2.95. The average Bonchev–Trinajstić information content (AvgIpc) is 3.56. The lowest BCUT2D eigenvalue weighted by atomic mass is 9.84. The monoisotopic (exact) mass is 753 g/mol. The normalized spacial score (nSPS) is 17.6. The van der Waals surface area contributed by atoms with Gasteiger partial charge in [0.1, 0.15) is 17.4 Å². The van der Waals surface area contributed by atoms with Gasteiger partial charge in [-0.05, 0) is 67.5 Å². The number of halogens is 4. The van der Waals surface area contributed by atoms with Crippen LogP contribution in [0.3, 0.4) is 0 Å². The van der Waals surface area contributed by atoms with Crippen LogP contribution < -0.4 is 30.2 Å². The molecule has 0 saturated carbocycles. The molecule has 2 aromatic carbocycles. The predicted octanol–water partition coefficient (Wildman–Crippen LogP) is 6.80. The number of ether oxygens (including phenoxy) is 3. The molecule has 2 aromatic heterocycles.